The minimum atomic E-state index is 0.344. The van der Waals surface area contributed by atoms with E-state index in [1.165, 1.54) is 25.7 Å². The van der Waals surface area contributed by atoms with Crippen molar-refractivity contribution in [1.29, 1.82) is 0 Å². The molecule has 90 valence electrons. The predicted molar refractivity (Wildman–Crippen MR) is 63.9 cm³/mol. The Hall–Kier alpha value is -0.120. The van der Waals surface area contributed by atoms with Crippen LogP contribution >= 0.6 is 0 Å². The molecule has 0 aromatic carbocycles. The molecule has 3 heteroatoms. The second-order valence-electron chi connectivity index (χ2n) is 4.95. The van der Waals surface area contributed by atoms with Crippen LogP contribution in [0.2, 0.25) is 0 Å². The van der Waals surface area contributed by atoms with E-state index in [4.69, 9.17) is 10.5 Å². The summed E-state index contributed by atoms with van der Waals surface area (Å²) in [5.41, 5.74) is 6.23. The van der Waals surface area contributed by atoms with Gasteiger partial charge in [-0.2, -0.15) is 0 Å². The van der Waals surface area contributed by atoms with Crippen LogP contribution in [-0.2, 0) is 4.74 Å². The van der Waals surface area contributed by atoms with Gasteiger partial charge in [0.25, 0.3) is 0 Å². The topological polar surface area (TPSA) is 38.5 Å². The molecule has 0 radical (unpaired) electrons. The highest BCUT2D eigenvalue weighted by Crippen LogP contribution is 2.27. The largest absolute Gasteiger partial charge is 0.383 e. The van der Waals surface area contributed by atoms with Crippen LogP contribution in [0.1, 0.15) is 32.6 Å². The maximum absolute atomic E-state index is 6.23. The predicted octanol–water partition coefficient (Wildman–Crippen LogP) is 1.47. The smallest absolute Gasteiger partial charge is 0.0615 e. The summed E-state index contributed by atoms with van der Waals surface area (Å²) in [5.74, 6) is 0.752. The van der Waals surface area contributed by atoms with E-state index in [-0.39, 0.29) is 0 Å². The van der Waals surface area contributed by atoms with Crippen molar-refractivity contribution in [3.05, 3.63) is 0 Å². The molecule has 1 aliphatic carbocycles. The van der Waals surface area contributed by atoms with Crippen molar-refractivity contribution in [3.8, 4) is 0 Å². The van der Waals surface area contributed by atoms with Crippen molar-refractivity contribution in [2.75, 3.05) is 27.3 Å². The first-order valence-electron chi connectivity index (χ1n) is 6.10. The highest BCUT2D eigenvalue weighted by Gasteiger charge is 2.23. The van der Waals surface area contributed by atoms with Gasteiger partial charge in [-0.05, 0) is 32.7 Å². The maximum atomic E-state index is 6.23. The molecule has 0 spiro atoms. The summed E-state index contributed by atoms with van der Waals surface area (Å²) in [7, 11) is 3.89. The molecule has 0 aromatic rings. The Morgan fingerprint density at radius 2 is 2.00 bits per heavy atom. The minimum absolute atomic E-state index is 0.344. The summed E-state index contributed by atoms with van der Waals surface area (Å²) in [5, 5.41) is 0. The molecular weight excluding hydrogens is 188 g/mol. The molecule has 0 amide bonds. The Morgan fingerprint density at radius 3 is 2.53 bits per heavy atom. The number of hydrogen-bond donors (Lipinski definition) is 1. The molecule has 0 bridgehead atoms. The molecule has 3 nitrogen and oxygen atoms in total. The molecule has 0 aromatic heterocycles. The fraction of sp³-hybridized carbons (Fsp3) is 1.00. The zero-order valence-corrected chi connectivity index (χ0v) is 10.4. The molecule has 0 heterocycles. The zero-order chi connectivity index (χ0) is 11.3. The summed E-state index contributed by atoms with van der Waals surface area (Å²) in [6.45, 7) is 3.97. The van der Waals surface area contributed by atoms with Crippen LogP contribution in [0.3, 0.4) is 0 Å². The van der Waals surface area contributed by atoms with Crippen LogP contribution in [0.5, 0.6) is 0 Å². The normalized spacial score (nSPS) is 22.2. The van der Waals surface area contributed by atoms with Crippen molar-refractivity contribution >= 4 is 0 Å². The Kier molecular flexibility index (Phi) is 5.58. The molecule has 1 rings (SSSR count). The Bertz CT molecular complexity index is 169. The molecule has 1 fully saturated rings. The van der Waals surface area contributed by atoms with E-state index in [1.807, 2.05) is 0 Å². The molecule has 1 aliphatic rings. The van der Waals surface area contributed by atoms with E-state index < -0.39 is 0 Å². The summed E-state index contributed by atoms with van der Waals surface area (Å²) in [6.07, 6.45) is 5.40. The average Bonchev–Trinajstić information content (AvgIpc) is 2.70. The summed E-state index contributed by atoms with van der Waals surface area (Å²) in [4.78, 5) is 2.31. The number of methoxy groups -OCH3 is 1. The highest BCUT2D eigenvalue weighted by atomic mass is 16.5. The van der Waals surface area contributed by atoms with Crippen LogP contribution in [-0.4, -0.2) is 44.3 Å². The first-order valence-corrected chi connectivity index (χ1v) is 6.10. The lowest BCUT2D eigenvalue weighted by atomic mass is 9.98. The fourth-order valence-electron chi connectivity index (χ4n) is 2.42. The minimum Gasteiger partial charge on any atom is -0.383 e. The van der Waals surface area contributed by atoms with E-state index in [0.717, 1.165) is 19.1 Å². The standard InChI is InChI=1S/C12H26N2O/c1-10(9-15-3)14(2)8-12(13)11-6-4-5-7-11/h10-12H,4-9,13H2,1-3H3. The second-order valence-corrected chi connectivity index (χ2v) is 4.95. The van der Waals surface area contributed by atoms with Crippen LogP contribution < -0.4 is 5.73 Å². The van der Waals surface area contributed by atoms with E-state index in [1.54, 1.807) is 7.11 Å². The third kappa shape index (κ3) is 4.09. The molecule has 2 atom stereocenters. The quantitative estimate of drug-likeness (QED) is 0.727. The van der Waals surface area contributed by atoms with E-state index >= 15 is 0 Å². The van der Waals surface area contributed by atoms with E-state index in [9.17, 15) is 0 Å². The molecule has 1 saturated carbocycles. The van der Waals surface area contributed by atoms with Gasteiger partial charge in [-0.25, -0.2) is 0 Å². The zero-order valence-electron chi connectivity index (χ0n) is 10.4. The van der Waals surface area contributed by atoms with Gasteiger partial charge in [0.15, 0.2) is 0 Å². The Balaban J connectivity index is 2.26. The van der Waals surface area contributed by atoms with Gasteiger partial charge in [0.2, 0.25) is 0 Å². The molecule has 0 aliphatic heterocycles. The lowest BCUT2D eigenvalue weighted by Gasteiger charge is -2.29. The van der Waals surface area contributed by atoms with Gasteiger partial charge < -0.3 is 10.5 Å². The number of nitrogens with zero attached hydrogens (tertiary/aromatic N) is 1. The fourth-order valence-corrected chi connectivity index (χ4v) is 2.42. The number of nitrogens with two attached hydrogens (primary N) is 1. The molecule has 2 N–H and O–H groups in total. The lowest BCUT2D eigenvalue weighted by molar-refractivity contribution is 0.107. The van der Waals surface area contributed by atoms with Gasteiger partial charge in [0.05, 0.1) is 6.61 Å². The van der Waals surface area contributed by atoms with E-state index in [2.05, 4.69) is 18.9 Å². The van der Waals surface area contributed by atoms with Crippen LogP contribution in [0.4, 0.5) is 0 Å². The summed E-state index contributed by atoms with van der Waals surface area (Å²) in [6, 6.07) is 0.805. The van der Waals surface area contributed by atoms with Crippen molar-refractivity contribution in [2.24, 2.45) is 11.7 Å². The van der Waals surface area contributed by atoms with Gasteiger partial charge in [-0.3, -0.25) is 4.90 Å². The van der Waals surface area contributed by atoms with Gasteiger partial charge in [0.1, 0.15) is 0 Å². The van der Waals surface area contributed by atoms with Crippen LogP contribution in [0.25, 0.3) is 0 Å². The first-order chi connectivity index (χ1) is 7.15. The molecule has 0 saturated heterocycles. The van der Waals surface area contributed by atoms with Crippen LogP contribution in [0.15, 0.2) is 0 Å². The van der Waals surface area contributed by atoms with Crippen molar-refractivity contribution in [3.63, 3.8) is 0 Å². The van der Waals surface area contributed by atoms with Crippen molar-refractivity contribution < 1.29 is 4.74 Å². The highest BCUT2D eigenvalue weighted by molar-refractivity contribution is 4.81. The van der Waals surface area contributed by atoms with Gasteiger partial charge in [-0.15, -0.1) is 0 Å². The molecule has 15 heavy (non-hydrogen) atoms. The SMILES string of the molecule is COCC(C)N(C)CC(N)C1CCCC1. The van der Waals surface area contributed by atoms with Crippen LogP contribution in [0, 0.1) is 5.92 Å². The third-order valence-corrected chi connectivity index (χ3v) is 3.66. The monoisotopic (exact) mass is 214 g/mol. The molecule has 2 unspecified atom stereocenters. The lowest BCUT2D eigenvalue weighted by Crippen LogP contribution is -2.44. The Morgan fingerprint density at radius 1 is 1.40 bits per heavy atom. The summed E-state index contributed by atoms with van der Waals surface area (Å²) < 4.78 is 5.15. The van der Waals surface area contributed by atoms with Crippen molar-refractivity contribution in [2.45, 2.75) is 44.7 Å². The summed E-state index contributed by atoms with van der Waals surface area (Å²) >= 11 is 0. The first kappa shape index (κ1) is 12.9. The number of likely N-dealkylation sites (N-methyl/N-ethyl adjacent to an activating group) is 1. The maximum Gasteiger partial charge on any atom is 0.0615 e. The third-order valence-electron chi connectivity index (χ3n) is 3.66. The number of ether oxygens (including phenoxy) is 1. The van der Waals surface area contributed by atoms with Gasteiger partial charge in [0, 0.05) is 25.7 Å². The number of hydrogen-bond acceptors (Lipinski definition) is 3. The average molecular weight is 214 g/mol. The van der Waals surface area contributed by atoms with E-state index in [0.29, 0.717) is 12.1 Å². The van der Waals surface area contributed by atoms with Gasteiger partial charge in [-0.1, -0.05) is 12.8 Å². The second kappa shape index (κ2) is 6.46. The van der Waals surface area contributed by atoms with Gasteiger partial charge >= 0.3 is 0 Å². The Labute approximate surface area is 94.0 Å². The number of rotatable bonds is 6. The van der Waals surface area contributed by atoms with Crippen molar-refractivity contribution in [1.82, 2.24) is 4.90 Å². The molecular formula is C12H26N2O.